The second-order valence-electron chi connectivity index (χ2n) is 8.52. The van der Waals surface area contributed by atoms with Gasteiger partial charge in [0.2, 0.25) is 0 Å². The van der Waals surface area contributed by atoms with Crippen LogP contribution in [0.2, 0.25) is 0 Å². The molecule has 28 heavy (non-hydrogen) atoms. The van der Waals surface area contributed by atoms with Crippen molar-refractivity contribution in [1.29, 1.82) is 0 Å². The van der Waals surface area contributed by atoms with E-state index in [0.29, 0.717) is 17.5 Å². The summed E-state index contributed by atoms with van der Waals surface area (Å²) in [6.07, 6.45) is 7.58. The van der Waals surface area contributed by atoms with Crippen LogP contribution in [0, 0.1) is 11.8 Å². The molecule has 1 unspecified atom stereocenters. The summed E-state index contributed by atoms with van der Waals surface area (Å²) in [5.41, 5.74) is 3.14. The van der Waals surface area contributed by atoms with Gasteiger partial charge in [0.15, 0.2) is 0 Å². The molecule has 2 fully saturated rings. The van der Waals surface area contributed by atoms with E-state index in [4.69, 9.17) is 0 Å². The van der Waals surface area contributed by atoms with Gasteiger partial charge in [0, 0.05) is 38.1 Å². The largest absolute Gasteiger partial charge is 0.371 e. The lowest BCUT2D eigenvalue weighted by Crippen LogP contribution is -2.39. The molecule has 4 heteroatoms. The number of aromatic nitrogens is 1. The lowest BCUT2D eigenvalue weighted by Gasteiger charge is -2.34. The van der Waals surface area contributed by atoms with Gasteiger partial charge in [0.05, 0.1) is 0 Å². The van der Waals surface area contributed by atoms with Crippen LogP contribution in [0.3, 0.4) is 0 Å². The fourth-order valence-electron chi connectivity index (χ4n) is 4.61. The van der Waals surface area contributed by atoms with Gasteiger partial charge in [-0.15, -0.1) is 0 Å². The molecule has 1 atom stereocenters. The van der Waals surface area contributed by atoms with Crippen molar-refractivity contribution in [3.8, 4) is 0 Å². The van der Waals surface area contributed by atoms with E-state index in [-0.39, 0.29) is 5.91 Å². The third kappa shape index (κ3) is 4.54. The summed E-state index contributed by atoms with van der Waals surface area (Å²) in [7, 11) is 0. The fraction of sp³-hybridized carbons (Fsp3) is 0.500. The average Bonchev–Trinajstić information content (AvgIpc) is 2.75. The summed E-state index contributed by atoms with van der Waals surface area (Å²) in [4.78, 5) is 21.8. The van der Waals surface area contributed by atoms with Crippen molar-refractivity contribution in [2.45, 2.75) is 39.0 Å². The first-order valence-corrected chi connectivity index (χ1v) is 10.7. The molecule has 2 aliphatic heterocycles. The van der Waals surface area contributed by atoms with Crippen LogP contribution >= 0.6 is 0 Å². The van der Waals surface area contributed by atoms with Crippen molar-refractivity contribution in [1.82, 2.24) is 9.88 Å². The van der Waals surface area contributed by atoms with Crippen molar-refractivity contribution in [3.05, 3.63) is 59.9 Å². The van der Waals surface area contributed by atoms with E-state index in [2.05, 4.69) is 47.1 Å². The van der Waals surface area contributed by atoms with Gasteiger partial charge < -0.3 is 9.80 Å². The maximum atomic E-state index is 13.0. The second kappa shape index (κ2) is 8.76. The molecule has 0 bridgehead atoms. The third-order valence-corrected chi connectivity index (χ3v) is 6.25. The standard InChI is InChI=1S/C24H31N3O/c1-19-6-5-13-27(18-19)22-9-12-25-23(17-22)24(28)26-14-10-21(11-15-26)16-20-7-3-2-4-8-20/h2-4,7-9,12,17,19,21H,5-6,10-11,13-16,18H2,1H3. The van der Waals surface area contributed by atoms with Gasteiger partial charge in [0.1, 0.15) is 5.69 Å². The highest BCUT2D eigenvalue weighted by molar-refractivity contribution is 5.93. The molecule has 4 rings (SSSR count). The number of pyridine rings is 1. The number of likely N-dealkylation sites (tertiary alicyclic amines) is 1. The molecule has 1 amide bonds. The van der Waals surface area contributed by atoms with Crippen molar-refractivity contribution in [2.75, 3.05) is 31.1 Å². The van der Waals surface area contributed by atoms with Crippen molar-refractivity contribution >= 4 is 11.6 Å². The molecule has 1 aromatic heterocycles. The molecule has 2 saturated heterocycles. The lowest BCUT2D eigenvalue weighted by molar-refractivity contribution is 0.0684. The highest BCUT2D eigenvalue weighted by Crippen LogP contribution is 2.25. The second-order valence-corrected chi connectivity index (χ2v) is 8.52. The Hall–Kier alpha value is -2.36. The highest BCUT2D eigenvalue weighted by atomic mass is 16.2. The Balaban J connectivity index is 1.35. The zero-order chi connectivity index (χ0) is 19.3. The summed E-state index contributed by atoms with van der Waals surface area (Å²) in [6, 6.07) is 14.7. The molecule has 1 aromatic carbocycles. The molecular weight excluding hydrogens is 346 g/mol. The van der Waals surface area contributed by atoms with E-state index in [1.54, 1.807) is 6.20 Å². The molecule has 0 saturated carbocycles. The van der Waals surface area contributed by atoms with Crippen molar-refractivity contribution in [3.63, 3.8) is 0 Å². The number of nitrogens with zero attached hydrogens (tertiary/aromatic N) is 3. The number of hydrogen-bond donors (Lipinski definition) is 0. The van der Waals surface area contributed by atoms with E-state index in [9.17, 15) is 4.79 Å². The van der Waals surface area contributed by atoms with Gasteiger partial charge in [-0.2, -0.15) is 0 Å². The smallest absolute Gasteiger partial charge is 0.272 e. The van der Waals surface area contributed by atoms with Gasteiger partial charge >= 0.3 is 0 Å². The maximum absolute atomic E-state index is 13.0. The minimum absolute atomic E-state index is 0.0880. The molecule has 0 radical (unpaired) electrons. The van der Waals surface area contributed by atoms with Gasteiger partial charge in [-0.3, -0.25) is 9.78 Å². The van der Waals surface area contributed by atoms with Gasteiger partial charge in [-0.05, 0) is 61.6 Å². The first-order valence-electron chi connectivity index (χ1n) is 10.7. The van der Waals surface area contributed by atoms with Crippen LogP contribution in [-0.4, -0.2) is 42.0 Å². The predicted molar refractivity (Wildman–Crippen MR) is 114 cm³/mol. The number of carbonyl (C=O) groups excluding carboxylic acids is 1. The number of benzene rings is 1. The molecular formula is C24H31N3O. The van der Waals surface area contributed by atoms with Crippen LogP contribution in [-0.2, 0) is 6.42 Å². The number of hydrogen-bond acceptors (Lipinski definition) is 3. The molecule has 0 N–H and O–H groups in total. The van der Waals surface area contributed by atoms with E-state index in [1.165, 1.54) is 18.4 Å². The summed E-state index contributed by atoms with van der Waals surface area (Å²) in [5.74, 6) is 1.47. The summed E-state index contributed by atoms with van der Waals surface area (Å²) >= 11 is 0. The minimum Gasteiger partial charge on any atom is -0.371 e. The van der Waals surface area contributed by atoms with Crippen LogP contribution in [0.4, 0.5) is 5.69 Å². The Morgan fingerprint density at radius 1 is 1.07 bits per heavy atom. The molecule has 0 aliphatic carbocycles. The molecule has 4 nitrogen and oxygen atoms in total. The van der Waals surface area contributed by atoms with E-state index in [1.807, 2.05) is 17.0 Å². The predicted octanol–water partition coefficient (Wildman–Crippen LogP) is 4.41. The molecule has 2 aromatic rings. The highest BCUT2D eigenvalue weighted by Gasteiger charge is 2.25. The summed E-state index contributed by atoms with van der Waals surface area (Å²) in [5, 5.41) is 0. The Kier molecular flexibility index (Phi) is 5.94. The monoisotopic (exact) mass is 377 g/mol. The molecule has 3 heterocycles. The van der Waals surface area contributed by atoms with Crippen LogP contribution < -0.4 is 4.90 Å². The number of anilines is 1. The third-order valence-electron chi connectivity index (χ3n) is 6.25. The normalized spacial score (nSPS) is 21.0. The number of amides is 1. The number of carbonyl (C=O) groups is 1. The fourth-order valence-corrected chi connectivity index (χ4v) is 4.61. The Morgan fingerprint density at radius 2 is 1.86 bits per heavy atom. The van der Waals surface area contributed by atoms with E-state index < -0.39 is 0 Å². The van der Waals surface area contributed by atoms with Crippen molar-refractivity contribution in [2.24, 2.45) is 11.8 Å². The first kappa shape index (κ1) is 19.0. The van der Waals surface area contributed by atoms with E-state index in [0.717, 1.165) is 51.1 Å². The van der Waals surface area contributed by atoms with E-state index >= 15 is 0 Å². The minimum atomic E-state index is 0.0880. The van der Waals surface area contributed by atoms with Gasteiger partial charge in [0.25, 0.3) is 5.91 Å². The molecule has 2 aliphatic rings. The van der Waals surface area contributed by atoms with Crippen LogP contribution in [0.25, 0.3) is 0 Å². The molecule has 0 spiro atoms. The average molecular weight is 378 g/mol. The Bertz CT molecular complexity index is 783. The summed E-state index contributed by atoms with van der Waals surface area (Å²) < 4.78 is 0. The van der Waals surface area contributed by atoms with Crippen LogP contribution in [0.15, 0.2) is 48.7 Å². The summed E-state index contributed by atoms with van der Waals surface area (Å²) in [6.45, 7) is 6.13. The molecule has 148 valence electrons. The Labute approximate surface area is 168 Å². The lowest BCUT2D eigenvalue weighted by atomic mass is 9.90. The van der Waals surface area contributed by atoms with Crippen LogP contribution in [0.1, 0.15) is 48.7 Å². The zero-order valence-corrected chi connectivity index (χ0v) is 16.9. The number of rotatable bonds is 4. The van der Waals surface area contributed by atoms with Crippen molar-refractivity contribution < 1.29 is 4.79 Å². The van der Waals surface area contributed by atoms with Gasteiger partial charge in [-0.25, -0.2) is 0 Å². The maximum Gasteiger partial charge on any atom is 0.272 e. The topological polar surface area (TPSA) is 36.4 Å². The SMILES string of the molecule is CC1CCCN(c2ccnc(C(=O)N3CCC(Cc4ccccc4)CC3)c2)C1. The number of piperidine rings is 2. The Morgan fingerprint density at radius 3 is 2.61 bits per heavy atom. The van der Waals surface area contributed by atoms with Gasteiger partial charge in [-0.1, -0.05) is 37.3 Å². The first-order chi connectivity index (χ1) is 13.7. The zero-order valence-electron chi connectivity index (χ0n) is 16.9. The quantitative estimate of drug-likeness (QED) is 0.792. The van der Waals surface area contributed by atoms with Crippen LogP contribution in [0.5, 0.6) is 0 Å².